The van der Waals surface area contributed by atoms with Gasteiger partial charge in [0.1, 0.15) is 12.0 Å². The molecule has 4 aliphatic rings. The number of carbonyl (C=O) groups is 2. The number of nitrogens with one attached hydrogen (secondary N) is 1. The van der Waals surface area contributed by atoms with Gasteiger partial charge in [0.25, 0.3) is 5.91 Å². The Hall–Kier alpha value is -2.06. The summed E-state index contributed by atoms with van der Waals surface area (Å²) in [6.45, 7) is 5.10. The number of hydrogen-bond acceptors (Lipinski definition) is 6. The third kappa shape index (κ3) is 2.99. The molecule has 2 atom stereocenters. The minimum atomic E-state index is -0.153. The number of thioether (sulfide) groups is 1. The van der Waals surface area contributed by atoms with Gasteiger partial charge in [0.2, 0.25) is 5.91 Å². The number of nitrogens with zero attached hydrogens (tertiary/aromatic N) is 3. The van der Waals surface area contributed by atoms with Crippen molar-refractivity contribution in [1.82, 2.24) is 15.2 Å². The first kappa shape index (κ1) is 18.0. The zero-order valence-electron chi connectivity index (χ0n) is 15.9. The fraction of sp³-hybridized carbons (Fsp3) is 0.550. The Morgan fingerprint density at radius 1 is 1.32 bits per heavy atom. The van der Waals surface area contributed by atoms with Crippen LogP contribution in [0.2, 0.25) is 0 Å². The van der Waals surface area contributed by atoms with Crippen molar-refractivity contribution in [3.05, 3.63) is 24.2 Å². The van der Waals surface area contributed by atoms with E-state index in [1.807, 2.05) is 0 Å². The van der Waals surface area contributed by atoms with Gasteiger partial charge in [0.05, 0.1) is 17.6 Å². The summed E-state index contributed by atoms with van der Waals surface area (Å²) in [5.41, 5.74) is 1.69. The number of rotatable bonds is 3. The molecule has 2 aromatic rings. The highest BCUT2D eigenvalue weighted by Gasteiger charge is 2.40. The molecule has 6 heterocycles. The summed E-state index contributed by atoms with van der Waals surface area (Å²) in [7, 11) is 0. The average molecular weight is 401 g/mol. The molecule has 4 fully saturated rings. The van der Waals surface area contributed by atoms with Crippen molar-refractivity contribution in [1.29, 1.82) is 0 Å². The van der Waals surface area contributed by atoms with E-state index in [-0.39, 0.29) is 17.9 Å². The first-order valence-electron chi connectivity index (χ1n) is 9.92. The summed E-state index contributed by atoms with van der Waals surface area (Å²) >= 11 is 1.64. The quantitative estimate of drug-likeness (QED) is 0.850. The van der Waals surface area contributed by atoms with E-state index in [4.69, 9.17) is 4.42 Å². The van der Waals surface area contributed by atoms with Gasteiger partial charge < -0.3 is 14.6 Å². The summed E-state index contributed by atoms with van der Waals surface area (Å²) in [5, 5.41) is 3.99. The van der Waals surface area contributed by atoms with Gasteiger partial charge in [-0.25, -0.2) is 4.98 Å². The summed E-state index contributed by atoms with van der Waals surface area (Å²) in [5.74, 6) is 1.83. The number of anilines is 1. The highest BCUT2D eigenvalue weighted by atomic mass is 32.2. The van der Waals surface area contributed by atoms with Gasteiger partial charge in [-0.15, -0.1) is 0 Å². The van der Waals surface area contributed by atoms with E-state index in [0.29, 0.717) is 35.5 Å². The molecule has 0 aromatic carbocycles. The number of furan rings is 1. The number of aromatic nitrogens is 1. The van der Waals surface area contributed by atoms with E-state index in [2.05, 4.69) is 22.1 Å². The molecule has 28 heavy (non-hydrogen) atoms. The lowest BCUT2D eigenvalue weighted by molar-refractivity contribution is -0.116. The number of hydrogen-bond donors (Lipinski definition) is 1. The molecule has 8 heteroatoms. The Labute approximate surface area is 167 Å². The maximum atomic E-state index is 12.9. The highest BCUT2D eigenvalue weighted by molar-refractivity contribution is 8.00. The maximum absolute atomic E-state index is 12.9. The van der Waals surface area contributed by atoms with Gasteiger partial charge in [-0.2, -0.15) is 11.8 Å². The van der Waals surface area contributed by atoms with Crippen LogP contribution < -0.4 is 10.2 Å². The molecule has 4 aliphatic heterocycles. The zero-order valence-corrected chi connectivity index (χ0v) is 16.7. The van der Waals surface area contributed by atoms with Crippen LogP contribution in [0.15, 0.2) is 22.9 Å². The molecule has 0 spiro atoms. The molecule has 0 unspecified atom stereocenters. The smallest absolute Gasteiger partial charge is 0.270 e. The Morgan fingerprint density at radius 3 is 2.89 bits per heavy atom. The molecule has 7 nitrogen and oxygen atoms in total. The Morgan fingerprint density at radius 2 is 2.14 bits per heavy atom. The van der Waals surface area contributed by atoms with Crippen LogP contribution in [0.25, 0.3) is 11.0 Å². The first-order valence-corrected chi connectivity index (χ1v) is 11.1. The summed E-state index contributed by atoms with van der Waals surface area (Å²) in [4.78, 5) is 33.8. The molecule has 4 saturated heterocycles. The van der Waals surface area contributed by atoms with E-state index < -0.39 is 0 Å². The van der Waals surface area contributed by atoms with Gasteiger partial charge in [0, 0.05) is 29.8 Å². The van der Waals surface area contributed by atoms with Crippen LogP contribution in [0, 0.1) is 5.92 Å². The normalized spacial score (nSPS) is 30.0. The molecule has 0 radical (unpaired) electrons. The molecule has 2 aromatic heterocycles. The van der Waals surface area contributed by atoms with Crippen molar-refractivity contribution in [2.24, 2.45) is 5.92 Å². The lowest BCUT2D eigenvalue weighted by Gasteiger charge is -2.49. The number of pyridine rings is 1. The third-order valence-corrected chi connectivity index (χ3v) is 7.35. The van der Waals surface area contributed by atoms with E-state index in [9.17, 15) is 9.59 Å². The van der Waals surface area contributed by atoms with Crippen LogP contribution in [0.4, 0.5) is 5.69 Å². The third-order valence-electron chi connectivity index (χ3n) is 6.43. The summed E-state index contributed by atoms with van der Waals surface area (Å²) < 4.78 is 5.59. The fourth-order valence-corrected chi connectivity index (χ4v) is 5.58. The van der Waals surface area contributed by atoms with Gasteiger partial charge >= 0.3 is 0 Å². The van der Waals surface area contributed by atoms with E-state index in [1.54, 1.807) is 35.2 Å². The van der Waals surface area contributed by atoms with E-state index >= 15 is 0 Å². The average Bonchev–Trinajstić information content (AvgIpc) is 3.14. The van der Waals surface area contributed by atoms with Crippen LogP contribution in [0.1, 0.15) is 30.3 Å². The van der Waals surface area contributed by atoms with E-state index in [0.717, 1.165) is 42.8 Å². The molecule has 6 rings (SSSR count). The first-order chi connectivity index (χ1) is 13.6. The van der Waals surface area contributed by atoms with Gasteiger partial charge in [-0.3, -0.25) is 14.5 Å². The fourth-order valence-electron chi connectivity index (χ4n) is 4.80. The minimum absolute atomic E-state index is 0.0721. The number of fused-ring (bicyclic) bond motifs is 4. The van der Waals surface area contributed by atoms with Gasteiger partial charge in [0.15, 0.2) is 5.58 Å². The summed E-state index contributed by atoms with van der Waals surface area (Å²) in [6.07, 6.45) is 5.46. The topological polar surface area (TPSA) is 78.7 Å². The monoisotopic (exact) mass is 400 g/mol. The predicted octanol–water partition coefficient (Wildman–Crippen LogP) is 2.12. The predicted molar refractivity (Wildman–Crippen MR) is 109 cm³/mol. The second kappa shape index (κ2) is 7.08. The van der Waals surface area contributed by atoms with Gasteiger partial charge in [-0.05, 0) is 44.8 Å². The van der Waals surface area contributed by atoms with Crippen LogP contribution in [0.5, 0.6) is 0 Å². The Bertz CT molecular complexity index is 919. The van der Waals surface area contributed by atoms with Crippen LogP contribution in [0.3, 0.4) is 0 Å². The van der Waals surface area contributed by atoms with E-state index in [1.165, 1.54) is 0 Å². The molecule has 0 aliphatic carbocycles. The highest BCUT2D eigenvalue weighted by Crippen LogP contribution is 2.33. The zero-order chi connectivity index (χ0) is 19.3. The van der Waals surface area contributed by atoms with Crippen LogP contribution in [-0.4, -0.2) is 64.9 Å². The Balaban J connectivity index is 1.40. The second-order valence-corrected chi connectivity index (χ2v) is 9.00. The molecule has 2 amide bonds. The number of amides is 2. The molecular weight excluding hydrogens is 376 g/mol. The lowest BCUT2D eigenvalue weighted by atomic mass is 9.79. The van der Waals surface area contributed by atoms with Crippen molar-refractivity contribution in [2.75, 3.05) is 36.0 Å². The van der Waals surface area contributed by atoms with Crippen molar-refractivity contribution < 1.29 is 14.0 Å². The maximum Gasteiger partial charge on any atom is 0.270 e. The largest absolute Gasteiger partial charge is 0.460 e. The summed E-state index contributed by atoms with van der Waals surface area (Å²) in [6, 6.07) is 2.27. The molecule has 2 bridgehead atoms. The Kier molecular flexibility index (Phi) is 4.55. The molecule has 0 saturated carbocycles. The van der Waals surface area contributed by atoms with Crippen LogP contribution >= 0.6 is 11.8 Å². The van der Waals surface area contributed by atoms with Crippen molar-refractivity contribution in [3.63, 3.8) is 0 Å². The lowest BCUT2D eigenvalue weighted by Crippen LogP contribution is -2.62. The standard InChI is InChI=1S/C20H24N4O3S/c1-12-19(13-2-4-23(12)5-3-13)22-20(26)15-8-14-16(10-27-17(14)9-21-15)24-6-7-28-11-18(24)25/h8-10,12-13,19H,2-7,11H2,1H3,(H,22,26)/t12-,19+/m1/s1. The van der Waals surface area contributed by atoms with Crippen molar-refractivity contribution >= 4 is 40.2 Å². The van der Waals surface area contributed by atoms with Gasteiger partial charge in [-0.1, -0.05) is 0 Å². The molecule has 148 valence electrons. The SMILES string of the molecule is C[C@@H]1[C@H](NC(=O)c2cc3c(N4CCSCC4=O)coc3cn2)C2CCN1CC2. The number of piperidine rings is 3. The second-order valence-electron chi connectivity index (χ2n) is 7.90. The molecular formula is C20H24N4O3S. The van der Waals surface area contributed by atoms with Crippen LogP contribution in [-0.2, 0) is 4.79 Å². The minimum Gasteiger partial charge on any atom is -0.460 e. The number of carbonyl (C=O) groups excluding carboxylic acids is 2. The molecule has 1 N–H and O–H groups in total. The van der Waals surface area contributed by atoms with Crippen molar-refractivity contribution in [3.8, 4) is 0 Å². The van der Waals surface area contributed by atoms with Crippen molar-refractivity contribution in [2.45, 2.75) is 31.8 Å².